The van der Waals surface area contributed by atoms with Gasteiger partial charge in [-0.25, -0.2) is 0 Å². The minimum absolute atomic E-state index is 0.564. The van der Waals surface area contributed by atoms with Crippen LogP contribution in [0.25, 0.3) is 77.2 Å². The van der Waals surface area contributed by atoms with E-state index >= 15 is 0 Å². The molecule has 4 nitrogen and oxygen atoms in total. The maximum Gasteiger partial charge on any atom is 0.101 e. The van der Waals surface area contributed by atoms with Gasteiger partial charge in [0.2, 0.25) is 0 Å². The van der Waals surface area contributed by atoms with E-state index in [2.05, 4.69) is 124 Å². The molecule has 2 heterocycles. The summed E-state index contributed by atoms with van der Waals surface area (Å²) in [5, 5.41) is 24.7. The van der Waals surface area contributed by atoms with E-state index in [9.17, 15) is 10.5 Å². The summed E-state index contributed by atoms with van der Waals surface area (Å²) in [4.78, 5) is 0. The smallest absolute Gasteiger partial charge is 0.101 e. The Morgan fingerprint density at radius 3 is 1.65 bits per heavy atom. The lowest BCUT2D eigenvalue weighted by atomic mass is 9.96. The molecule has 0 saturated heterocycles. The predicted molar refractivity (Wildman–Crippen MR) is 195 cm³/mol. The molecule has 0 aliphatic carbocycles. The molecular formula is C44H26N4. The SMILES string of the molecule is N#Cc1cc(-c2cccc(-c3ccccc3-n3c4ccccc4c4ccccc43)c2)ccc1-n1c2ccccc2c2c(C#N)cccc21. The highest BCUT2D eigenvalue weighted by molar-refractivity contribution is 6.12. The van der Waals surface area contributed by atoms with E-state index in [1.165, 1.54) is 21.8 Å². The molecule has 0 radical (unpaired) electrons. The van der Waals surface area contributed by atoms with Gasteiger partial charge in [-0.1, -0.05) is 103 Å². The van der Waals surface area contributed by atoms with Crippen LogP contribution in [-0.4, -0.2) is 9.13 Å². The van der Waals surface area contributed by atoms with Crippen LogP contribution in [-0.2, 0) is 0 Å². The Hall–Kier alpha value is -6.88. The summed E-state index contributed by atoms with van der Waals surface area (Å²) in [6, 6.07) is 59.0. The van der Waals surface area contributed by atoms with Crippen molar-refractivity contribution in [1.29, 1.82) is 10.5 Å². The number of para-hydroxylation sites is 4. The van der Waals surface area contributed by atoms with Crippen molar-refractivity contribution in [2.75, 3.05) is 0 Å². The highest BCUT2D eigenvalue weighted by atomic mass is 15.0. The number of benzene rings is 7. The maximum atomic E-state index is 10.5. The van der Waals surface area contributed by atoms with Crippen molar-refractivity contribution in [2.45, 2.75) is 0 Å². The number of rotatable bonds is 4. The lowest BCUT2D eigenvalue weighted by Crippen LogP contribution is -1.98. The molecule has 4 heteroatoms. The number of hydrogen-bond donors (Lipinski definition) is 0. The van der Waals surface area contributed by atoms with Crippen molar-refractivity contribution in [3.05, 3.63) is 169 Å². The van der Waals surface area contributed by atoms with E-state index in [1.54, 1.807) is 0 Å². The molecule has 48 heavy (non-hydrogen) atoms. The summed E-state index contributed by atoms with van der Waals surface area (Å²) < 4.78 is 4.46. The van der Waals surface area contributed by atoms with E-state index in [4.69, 9.17) is 0 Å². The first-order valence-electron chi connectivity index (χ1n) is 15.9. The number of fused-ring (bicyclic) bond motifs is 6. The van der Waals surface area contributed by atoms with Crippen LogP contribution in [0.15, 0.2) is 158 Å². The van der Waals surface area contributed by atoms with Gasteiger partial charge in [-0.15, -0.1) is 0 Å². The predicted octanol–water partition coefficient (Wildman–Crippen LogP) is 11.0. The van der Waals surface area contributed by atoms with Crippen molar-refractivity contribution in [3.63, 3.8) is 0 Å². The fourth-order valence-corrected chi connectivity index (χ4v) is 7.33. The normalized spacial score (nSPS) is 11.3. The van der Waals surface area contributed by atoms with Crippen molar-refractivity contribution in [1.82, 2.24) is 9.13 Å². The first kappa shape index (κ1) is 27.4. The summed E-state index contributed by atoms with van der Waals surface area (Å²) in [6.07, 6.45) is 0. The first-order valence-corrected chi connectivity index (χ1v) is 15.9. The van der Waals surface area contributed by atoms with E-state index in [0.29, 0.717) is 11.1 Å². The second kappa shape index (κ2) is 10.9. The van der Waals surface area contributed by atoms with Gasteiger partial charge in [0.1, 0.15) is 6.07 Å². The third-order valence-electron chi connectivity index (χ3n) is 9.41. The summed E-state index contributed by atoms with van der Waals surface area (Å²) in [5.74, 6) is 0. The molecule has 0 fully saturated rings. The molecule has 0 aliphatic heterocycles. The summed E-state index contributed by atoms with van der Waals surface area (Å²) in [6.45, 7) is 0. The van der Waals surface area contributed by atoms with Crippen LogP contribution in [0, 0.1) is 22.7 Å². The van der Waals surface area contributed by atoms with Crippen LogP contribution in [0.3, 0.4) is 0 Å². The van der Waals surface area contributed by atoms with E-state index in [1.807, 2.05) is 54.6 Å². The average molecular weight is 611 g/mol. The van der Waals surface area contributed by atoms with Crippen molar-refractivity contribution >= 4 is 43.6 Å². The largest absolute Gasteiger partial charge is 0.309 e. The van der Waals surface area contributed by atoms with Crippen LogP contribution in [0.1, 0.15) is 11.1 Å². The molecule has 222 valence electrons. The zero-order valence-electron chi connectivity index (χ0n) is 25.8. The Morgan fingerprint density at radius 2 is 0.917 bits per heavy atom. The van der Waals surface area contributed by atoms with E-state index in [0.717, 1.165) is 55.4 Å². The molecule has 0 spiro atoms. The monoisotopic (exact) mass is 610 g/mol. The third-order valence-corrected chi connectivity index (χ3v) is 9.41. The van der Waals surface area contributed by atoms with Gasteiger partial charge in [-0.05, 0) is 71.3 Å². The molecule has 0 N–H and O–H groups in total. The second-order valence-corrected chi connectivity index (χ2v) is 12.0. The van der Waals surface area contributed by atoms with Crippen molar-refractivity contribution in [2.24, 2.45) is 0 Å². The van der Waals surface area contributed by atoms with Gasteiger partial charge in [0, 0.05) is 27.1 Å². The molecule has 2 aromatic heterocycles. The quantitative estimate of drug-likeness (QED) is 0.199. The summed E-state index contributed by atoms with van der Waals surface area (Å²) in [5.41, 5.74) is 11.5. The van der Waals surface area contributed by atoms with Gasteiger partial charge in [0.25, 0.3) is 0 Å². The fourth-order valence-electron chi connectivity index (χ4n) is 7.33. The van der Waals surface area contributed by atoms with Crippen molar-refractivity contribution in [3.8, 4) is 45.8 Å². The number of hydrogen-bond acceptors (Lipinski definition) is 2. The van der Waals surface area contributed by atoms with Crippen molar-refractivity contribution < 1.29 is 0 Å². The summed E-state index contributed by atoms with van der Waals surface area (Å²) >= 11 is 0. The number of aromatic nitrogens is 2. The van der Waals surface area contributed by atoms with E-state index < -0.39 is 0 Å². The molecule has 0 unspecified atom stereocenters. The zero-order valence-corrected chi connectivity index (χ0v) is 25.8. The van der Waals surface area contributed by atoms with Crippen LogP contribution in [0.5, 0.6) is 0 Å². The molecule has 9 rings (SSSR count). The van der Waals surface area contributed by atoms with Gasteiger partial charge in [0.05, 0.1) is 50.6 Å². The molecule has 0 amide bonds. The minimum atomic E-state index is 0.564. The molecule has 0 bridgehead atoms. The number of nitrogens with zero attached hydrogens (tertiary/aromatic N) is 4. The Morgan fingerprint density at radius 1 is 0.375 bits per heavy atom. The minimum Gasteiger partial charge on any atom is -0.309 e. The fraction of sp³-hybridized carbons (Fsp3) is 0. The van der Waals surface area contributed by atoms with Gasteiger partial charge >= 0.3 is 0 Å². The molecule has 0 atom stereocenters. The lowest BCUT2D eigenvalue weighted by Gasteiger charge is -2.15. The topological polar surface area (TPSA) is 57.4 Å². The first-order chi connectivity index (χ1) is 23.7. The van der Waals surface area contributed by atoms with Gasteiger partial charge in [-0.3, -0.25) is 0 Å². The Kier molecular flexibility index (Phi) is 6.22. The van der Waals surface area contributed by atoms with E-state index in [-0.39, 0.29) is 0 Å². The molecule has 9 aromatic rings. The van der Waals surface area contributed by atoms with Gasteiger partial charge in [0.15, 0.2) is 0 Å². The van der Waals surface area contributed by atoms with Crippen LogP contribution >= 0.6 is 0 Å². The third kappa shape index (κ3) is 4.07. The Bertz CT molecular complexity index is 2760. The van der Waals surface area contributed by atoms with Crippen LogP contribution in [0.2, 0.25) is 0 Å². The Labute approximate surface area is 277 Å². The number of nitriles is 2. The highest BCUT2D eigenvalue weighted by Gasteiger charge is 2.18. The summed E-state index contributed by atoms with van der Waals surface area (Å²) in [7, 11) is 0. The molecule has 7 aromatic carbocycles. The highest BCUT2D eigenvalue weighted by Crippen LogP contribution is 2.39. The van der Waals surface area contributed by atoms with Gasteiger partial charge < -0.3 is 9.13 Å². The Balaban J connectivity index is 1.19. The zero-order chi connectivity index (χ0) is 32.2. The lowest BCUT2D eigenvalue weighted by molar-refractivity contribution is 1.17. The standard InChI is InChI=1S/C44H26N4/c45-27-32-13-10-22-43-44(32)37-17-4-8-21-42(37)47(43)38-24-23-30(26-33(38)28-46)29-11-9-12-31(25-29)34-14-1-5-18-39(34)48-40-19-6-2-15-35(40)36-16-3-7-20-41(36)48/h1-26H. The molecule has 0 aliphatic rings. The molecular weight excluding hydrogens is 585 g/mol. The average Bonchev–Trinajstić information content (AvgIpc) is 3.68. The second-order valence-electron chi connectivity index (χ2n) is 12.0. The van der Waals surface area contributed by atoms with Crippen LogP contribution < -0.4 is 0 Å². The molecule has 0 saturated carbocycles. The van der Waals surface area contributed by atoms with Crippen LogP contribution in [0.4, 0.5) is 0 Å². The van der Waals surface area contributed by atoms with Gasteiger partial charge in [-0.2, -0.15) is 10.5 Å². The maximum absolute atomic E-state index is 10.5.